The van der Waals surface area contributed by atoms with Crippen LogP contribution in [0, 0.1) is 0 Å². The number of para-hydroxylation sites is 6. The van der Waals surface area contributed by atoms with E-state index in [1.807, 2.05) is 24.3 Å². The van der Waals surface area contributed by atoms with Gasteiger partial charge in [0.15, 0.2) is 0 Å². The molecule has 0 spiro atoms. The van der Waals surface area contributed by atoms with Gasteiger partial charge in [-0.25, -0.2) is 0 Å². The lowest BCUT2D eigenvalue weighted by Crippen LogP contribution is -2.10. The van der Waals surface area contributed by atoms with Crippen LogP contribution in [0.4, 0.5) is 34.1 Å². The molecule has 0 aliphatic carbocycles. The van der Waals surface area contributed by atoms with Crippen LogP contribution in [-0.2, 0) is 0 Å². The predicted octanol–water partition coefficient (Wildman–Crippen LogP) is 35.9. The van der Waals surface area contributed by atoms with Gasteiger partial charge in [-0.1, -0.05) is 328 Å². The van der Waals surface area contributed by atoms with Gasteiger partial charge in [0, 0.05) is 88.6 Å². The maximum Gasteiger partial charge on any atom is 0.136 e. The quantitative estimate of drug-likeness (QED) is 0.0967. The zero-order chi connectivity index (χ0) is 88.5. The van der Waals surface area contributed by atoms with Gasteiger partial charge in [0.25, 0.3) is 0 Å². The van der Waals surface area contributed by atoms with Gasteiger partial charge in [0.2, 0.25) is 0 Å². The molecule has 628 valence electrons. The maximum absolute atomic E-state index is 6.27. The number of rotatable bonds is 16. The summed E-state index contributed by atoms with van der Waals surface area (Å²) in [5.41, 5.74) is 35.9. The maximum atomic E-state index is 6.27. The van der Waals surface area contributed by atoms with Crippen molar-refractivity contribution < 1.29 is 8.83 Å². The third-order valence-corrected chi connectivity index (χ3v) is 26.8. The van der Waals surface area contributed by atoms with Gasteiger partial charge in [0.1, 0.15) is 22.3 Å². The summed E-state index contributed by atoms with van der Waals surface area (Å²) in [6.45, 7) is 0. The summed E-state index contributed by atoms with van der Waals surface area (Å²) in [6.07, 6.45) is 0. The molecule has 26 rings (SSSR count). The third kappa shape index (κ3) is 14.4. The zero-order valence-corrected chi connectivity index (χ0v) is 73.1. The molecule has 0 N–H and O–H groups in total. The molecular formula is C128H84N4O2. The van der Waals surface area contributed by atoms with Crippen LogP contribution in [0.1, 0.15) is 0 Å². The number of nitrogens with zero attached hydrogens (tertiary/aromatic N) is 4. The highest BCUT2D eigenvalue weighted by molar-refractivity contribution is 6.12. The Morgan fingerprint density at radius 2 is 0.373 bits per heavy atom. The molecule has 0 amide bonds. The van der Waals surface area contributed by atoms with E-state index in [9.17, 15) is 0 Å². The average Bonchev–Trinajstić information content (AvgIpc) is 1.60. The molecule has 0 saturated heterocycles. The molecule has 4 heterocycles. The lowest BCUT2D eigenvalue weighted by molar-refractivity contribution is 0.668. The molecule has 0 radical (unpaired) electrons. The molecule has 4 aromatic heterocycles. The number of fused-ring (bicyclic) bond motifs is 14. The normalized spacial score (nSPS) is 11.6. The number of benzene rings is 22. The van der Waals surface area contributed by atoms with E-state index < -0.39 is 0 Å². The van der Waals surface area contributed by atoms with Gasteiger partial charge in [-0.3, -0.25) is 0 Å². The van der Waals surface area contributed by atoms with Crippen molar-refractivity contribution in [2.24, 2.45) is 0 Å². The van der Waals surface area contributed by atoms with E-state index >= 15 is 0 Å². The van der Waals surface area contributed by atoms with Crippen molar-refractivity contribution >= 4 is 143 Å². The Morgan fingerprint density at radius 3 is 0.724 bits per heavy atom. The molecule has 134 heavy (non-hydrogen) atoms. The largest absolute Gasteiger partial charge is 0.456 e. The molecule has 0 aliphatic heterocycles. The van der Waals surface area contributed by atoms with Crippen molar-refractivity contribution in [1.82, 2.24) is 9.13 Å². The Balaban J connectivity index is 0.000000143. The topological polar surface area (TPSA) is 42.6 Å². The van der Waals surface area contributed by atoms with Gasteiger partial charge in [-0.15, -0.1) is 0 Å². The van der Waals surface area contributed by atoms with Crippen LogP contribution in [-0.4, -0.2) is 9.13 Å². The number of furan rings is 2. The van der Waals surface area contributed by atoms with Gasteiger partial charge in [-0.05, 0) is 293 Å². The number of hydrogen-bond donors (Lipinski definition) is 0. The second kappa shape index (κ2) is 33.3. The van der Waals surface area contributed by atoms with Crippen LogP contribution >= 0.6 is 0 Å². The molecule has 0 unspecified atom stereocenters. The minimum Gasteiger partial charge on any atom is -0.456 e. The first-order valence-electron chi connectivity index (χ1n) is 45.8. The molecule has 0 saturated carbocycles. The highest BCUT2D eigenvalue weighted by Crippen LogP contribution is 2.45. The third-order valence-electron chi connectivity index (χ3n) is 26.8. The average molecular weight is 1710 g/mol. The Bertz CT molecular complexity index is 8860. The summed E-state index contributed by atoms with van der Waals surface area (Å²) in [5.74, 6) is 0. The van der Waals surface area contributed by atoms with E-state index in [1.54, 1.807) is 0 Å². The van der Waals surface area contributed by atoms with Crippen molar-refractivity contribution in [3.05, 3.63) is 510 Å². The summed E-state index contributed by atoms with van der Waals surface area (Å²) in [5, 5.41) is 14.6. The highest BCUT2D eigenvalue weighted by Gasteiger charge is 2.22. The van der Waals surface area contributed by atoms with Gasteiger partial charge in [-0.2, -0.15) is 0 Å². The number of aromatic nitrogens is 2. The summed E-state index contributed by atoms with van der Waals surface area (Å²) in [7, 11) is 0. The fourth-order valence-corrected chi connectivity index (χ4v) is 20.0. The molecule has 0 bridgehead atoms. The lowest BCUT2D eigenvalue weighted by Gasteiger charge is -2.26. The van der Waals surface area contributed by atoms with Crippen LogP contribution in [0.5, 0.6) is 0 Å². The van der Waals surface area contributed by atoms with Gasteiger partial charge < -0.3 is 27.8 Å². The molecular weight excluding hydrogens is 1630 g/mol. The zero-order valence-electron chi connectivity index (χ0n) is 73.1. The summed E-state index contributed by atoms with van der Waals surface area (Å²) in [6, 6.07) is 184. The molecule has 0 aliphatic rings. The van der Waals surface area contributed by atoms with Gasteiger partial charge in [0.05, 0.1) is 22.1 Å². The van der Waals surface area contributed by atoms with E-state index in [-0.39, 0.29) is 0 Å². The Morgan fingerprint density at radius 1 is 0.134 bits per heavy atom. The van der Waals surface area contributed by atoms with E-state index in [0.717, 1.165) is 123 Å². The molecule has 22 aromatic carbocycles. The van der Waals surface area contributed by atoms with Gasteiger partial charge >= 0.3 is 0 Å². The molecule has 0 atom stereocenters. The molecule has 6 nitrogen and oxygen atoms in total. The minimum atomic E-state index is 0.897. The standard InChI is InChI=1S/2C64H42N2O/c1-2-12-47-40-51(24-23-43(47)11-1)50-15-10-16-56(41-50)65(54-34-27-46(28-35-54)52-31-38-60-59-19-5-8-22-63(59)67-64(60)42-52)53-32-25-44(26-33-53)48-13-9-14-49(39-48)45-29-36-55(37-30-45)66-61-20-6-3-17-57(61)58-18-4-7-21-62(58)66;1-2-11-48-41-51(21-20-43(48)10-1)46-24-33-54(34-25-46)65(55-35-26-47(27-36-55)52-30-39-60-59-16-5-8-19-63(59)67-64(60)42-52)53-31-22-44(23-32-53)49-12-9-13-50(40-49)45-28-37-56(38-29-45)66-61-17-6-3-14-57(61)58-15-4-7-18-62(58)66/h2*1-42H. The fourth-order valence-electron chi connectivity index (χ4n) is 20.0. The number of hydrogen-bond acceptors (Lipinski definition) is 4. The van der Waals surface area contributed by atoms with E-state index in [4.69, 9.17) is 8.83 Å². The number of anilines is 6. The second-order valence-electron chi connectivity index (χ2n) is 34.7. The Labute approximate surface area is 775 Å². The van der Waals surface area contributed by atoms with Crippen LogP contribution in [0.15, 0.2) is 518 Å². The van der Waals surface area contributed by atoms with E-state index in [1.165, 1.54) is 121 Å². The Hall–Kier alpha value is -17.8. The van der Waals surface area contributed by atoms with Crippen LogP contribution in [0.25, 0.3) is 209 Å². The van der Waals surface area contributed by atoms with E-state index in [0.29, 0.717) is 0 Å². The fraction of sp³-hybridized carbons (Fsp3) is 0. The van der Waals surface area contributed by atoms with Crippen LogP contribution in [0.2, 0.25) is 0 Å². The monoisotopic (exact) mass is 1710 g/mol. The molecule has 26 aromatic rings. The van der Waals surface area contributed by atoms with Crippen molar-refractivity contribution in [3.8, 4) is 100 Å². The Kier molecular flexibility index (Phi) is 19.5. The van der Waals surface area contributed by atoms with E-state index in [2.05, 4.69) is 504 Å². The first-order valence-corrected chi connectivity index (χ1v) is 45.8. The summed E-state index contributed by atoms with van der Waals surface area (Å²) in [4.78, 5) is 4.70. The van der Waals surface area contributed by atoms with Crippen LogP contribution in [0.3, 0.4) is 0 Å². The minimum absolute atomic E-state index is 0.897. The van der Waals surface area contributed by atoms with Crippen molar-refractivity contribution in [1.29, 1.82) is 0 Å². The van der Waals surface area contributed by atoms with Crippen molar-refractivity contribution in [3.63, 3.8) is 0 Å². The SMILES string of the molecule is c1cc(-c2ccc(N(c3ccc(-c4ccc5c(c4)oc4ccccc45)cc3)c3cccc(-c4ccc5ccccc5c4)c3)cc2)cc(-c2ccc(-n3c4ccccc4c4ccccc43)cc2)c1.c1cc(-c2ccc(N(c3ccc(-c4ccc5ccccc5c4)cc3)c3ccc(-c4ccc5c(c4)oc4ccccc45)cc3)cc2)cc(-c2ccc(-n3c4ccccc4c4ccccc43)cc2)c1. The van der Waals surface area contributed by atoms with Crippen molar-refractivity contribution in [2.75, 3.05) is 9.80 Å². The van der Waals surface area contributed by atoms with Crippen LogP contribution < -0.4 is 9.80 Å². The lowest BCUT2D eigenvalue weighted by atomic mass is 9.98. The second-order valence-corrected chi connectivity index (χ2v) is 34.7. The first kappa shape index (κ1) is 78.4. The highest BCUT2D eigenvalue weighted by atomic mass is 16.3. The molecule has 6 heteroatoms. The smallest absolute Gasteiger partial charge is 0.136 e. The molecule has 0 fully saturated rings. The van der Waals surface area contributed by atoms with Crippen molar-refractivity contribution in [2.45, 2.75) is 0 Å². The summed E-state index contributed by atoms with van der Waals surface area (Å²) < 4.78 is 17.3. The first-order chi connectivity index (χ1) is 66.4. The predicted molar refractivity (Wildman–Crippen MR) is 564 cm³/mol. The summed E-state index contributed by atoms with van der Waals surface area (Å²) >= 11 is 0.